The van der Waals surface area contributed by atoms with E-state index in [0.717, 1.165) is 4.90 Å². The van der Waals surface area contributed by atoms with Gasteiger partial charge in [0.15, 0.2) is 0 Å². The number of nitrogen functional groups attached to an aromatic ring is 1. The van der Waals surface area contributed by atoms with Crippen LogP contribution in [0.2, 0.25) is 0 Å². The second kappa shape index (κ2) is 4.45. The van der Waals surface area contributed by atoms with Crippen LogP contribution in [0.15, 0.2) is 42.5 Å². The Bertz CT molecular complexity index is 798. The van der Waals surface area contributed by atoms with Crippen LogP contribution in [0, 0.1) is 0 Å². The minimum atomic E-state index is -1.13. The molecule has 0 fully saturated rings. The zero-order valence-corrected chi connectivity index (χ0v) is 10.7. The van der Waals surface area contributed by atoms with Crippen LogP contribution in [0.3, 0.4) is 0 Å². The first-order valence-corrected chi connectivity index (χ1v) is 6.11. The molecular weight excluding hydrogens is 272 g/mol. The molecule has 0 aliphatic carbocycles. The van der Waals surface area contributed by atoms with E-state index < -0.39 is 17.8 Å². The topological polar surface area (TPSA) is 101 Å². The van der Waals surface area contributed by atoms with Gasteiger partial charge in [0.1, 0.15) is 0 Å². The number of aromatic carboxylic acids is 1. The molecule has 0 bridgehead atoms. The van der Waals surface area contributed by atoms with Crippen molar-refractivity contribution in [2.75, 3.05) is 10.6 Å². The predicted octanol–water partition coefficient (Wildman–Crippen LogP) is 1.77. The van der Waals surface area contributed by atoms with Crippen LogP contribution >= 0.6 is 0 Å². The molecular formula is C15H10N2O4. The lowest BCUT2D eigenvalue weighted by atomic mass is 10.1. The van der Waals surface area contributed by atoms with Gasteiger partial charge in [0, 0.05) is 5.69 Å². The standard InChI is InChI=1S/C15H10N2O4/c16-11-6-2-5-10-12(11)14(19)17(13(10)18)9-4-1-3-8(7-9)15(20)21/h1-7H,16H2,(H,20,21). The van der Waals surface area contributed by atoms with E-state index in [9.17, 15) is 14.4 Å². The molecule has 21 heavy (non-hydrogen) atoms. The quantitative estimate of drug-likeness (QED) is 0.645. The van der Waals surface area contributed by atoms with Gasteiger partial charge in [0.05, 0.1) is 22.4 Å². The summed E-state index contributed by atoms with van der Waals surface area (Å²) in [6.45, 7) is 0. The lowest BCUT2D eigenvalue weighted by molar-refractivity contribution is 0.0695. The number of nitrogens with two attached hydrogens (primary N) is 1. The molecule has 1 aliphatic rings. The third-order valence-corrected chi connectivity index (χ3v) is 3.30. The highest BCUT2D eigenvalue weighted by molar-refractivity contribution is 6.36. The van der Waals surface area contributed by atoms with Crippen molar-refractivity contribution in [3.63, 3.8) is 0 Å². The van der Waals surface area contributed by atoms with Crippen LogP contribution in [0.5, 0.6) is 0 Å². The van der Waals surface area contributed by atoms with E-state index in [1.807, 2.05) is 0 Å². The molecule has 2 aromatic rings. The molecule has 3 N–H and O–H groups in total. The predicted molar refractivity (Wildman–Crippen MR) is 75.4 cm³/mol. The number of anilines is 2. The molecule has 0 atom stereocenters. The monoisotopic (exact) mass is 282 g/mol. The number of carboxylic acids is 1. The summed E-state index contributed by atoms with van der Waals surface area (Å²) >= 11 is 0. The second-order valence-electron chi connectivity index (χ2n) is 4.57. The van der Waals surface area contributed by atoms with E-state index in [4.69, 9.17) is 10.8 Å². The molecule has 0 radical (unpaired) electrons. The number of hydrogen-bond donors (Lipinski definition) is 2. The summed E-state index contributed by atoms with van der Waals surface area (Å²) in [7, 11) is 0. The molecule has 2 aromatic carbocycles. The van der Waals surface area contributed by atoms with Gasteiger partial charge in [0.2, 0.25) is 0 Å². The Morgan fingerprint density at radius 2 is 1.76 bits per heavy atom. The normalized spacial score (nSPS) is 13.4. The molecule has 0 aromatic heterocycles. The highest BCUT2D eigenvalue weighted by atomic mass is 16.4. The number of benzene rings is 2. The summed E-state index contributed by atoms with van der Waals surface area (Å²) in [5, 5.41) is 8.99. The van der Waals surface area contributed by atoms with Gasteiger partial charge in [-0.2, -0.15) is 0 Å². The Morgan fingerprint density at radius 1 is 1.05 bits per heavy atom. The molecule has 3 rings (SSSR count). The van der Waals surface area contributed by atoms with Gasteiger partial charge in [-0.05, 0) is 30.3 Å². The maximum Gasteiger partial charge on any atom is 0.335 e. The largest absolute Gasteiger partial charge is 0.478 e. The van der Waals surface area contributed by atoms with Gasteiger partial charge in [-0.3, -0.25) is 9.59 Å². The third-order valence-electron chi connectivity index (χ3n) is 3.30. The maximum atomic E-state index is 12.4. The van der Waals surface area contributed by atoms with Gasteiger partial charge in [-0.25, -0.2) is 9.69 Å². The minimum Gasteiger partial charge on any atom is -0.478 e. The first-order chi connectivity index (χ1) is 10.0. The number of carbonyl (C=O) groups excluding carboxylic acids is 2. The lowest BCUT2D eigenvalue weighted by Gasteiger charge is -2.14. The molecule has 104 valence electrons. The molecule has 1 heterocycles. The average molecular weight is 282 g/mol. The van der Waals surface area contributed by atoms with Crippen molar-refractivity contribution < 1.29 is 19.5 Å². The molecule has 2 amide bonds. The minimum absolute atomic E-state index is 0.00275. The zero-order valence-electron chi connectivity index (χ0n) is 10.7. The van der Waals surface area contributed by atoms with Crippen LogP contribution in [0.25, 0.3) is 0 Å². The van der Waals surface area contributed by atoms with Crippen molar-refractivity contribution in [2.24, 2.45) is 0 Å². The molecule has 1 aliphatic heterocycles. The molecule has 0 saturated heterocycles. The van der Waals surface area contributed by atoms with Gasteiger partial charge in [-0.1, -0.05) is 12.1 Å². The summed E-state index contributed by atoms with van der Waals surface area (Å²) in [4.78, 5) is 36.7. The van der Waals surface area contributed by atoms with Crippen LogP contribution in [0.1, 0.15) is 31.1 Å². The number of hydrogen-bond acceptors (Lipinski definition) is 4. The molecule has 0 saturated carbocycles. The Balaban J connectivity index is 2.12. The lowest BCUT2D eigenvalue weighted by Crippen LogP contribution is -2.29. The molecule has 6 heteroatoms. The number of imide groups is 1. The van der Waals surface area contributed by atoms with Gasteiger partial charge >= 0.3 is 5.97 Å². The Kier molecular flexibility index (Phi) is 2.72. The fraction of sp³-hybridized carbons (Fsp3) is 0. The second-order valence-corrected chi connectivity index (χ2v) is 4.57. The van der Waals surface area contributed by atoms with E-state index in [1.165, 1.54) is 30.3 Å². The van der Waals surface area contributed by atoms with Gasteiger partial charge in [0.25, 0.3) is 11.8 Å². The fourth-order valence-corrected chi connectivity index (χ4v) is 2.32. The van der Waals surface area contributed by atoms with Crippen molar-refractivity contribution in [2.45, 2.75) is 0 Å². The Labute approximate surface area is 119 Å². The number of carboxylic acid groups (broad SMARTS) is 1. The summed E-state index contributed by atoms with van der Waals surface area (Å²) in [5.74, 6) is -2.19. The zero-order chi connectivity index (χ0) is 15.1. The third kappa shape index (κ3) is 1.85. The van der Waals surface area contributed by atoms with Gasteiger partial charge in [-0.15, -0.1) is 0 Å². The first kappa shape index (κ1) is 12.9. The number of amides is 2. The van der Waals surface area contributed by atoms with E-state index >= 15 is 0 Å². The summed E-state index contributed by atoms with van der Waals surface area (Å²) in [5.41, 5.74) is 6.56. The van der Waals surface area contributed by atoms with E-state index in [1.54, 1.807) is 12.1 Å². The van der Waals surface area contributed by atoms with Gasteiger partial charge < -0.3 is 10.8 Å². The number of fused-ring (bicyclic) bond motifs is 1. The van der Waals surface area contributed by atoms with Crippen LogP contribution in [0.4, 0.5) is 11.4 Å². The smallest absolute Gasteiger partial charge is 0.335 e. The molecule has 0 spiro atoms. The van der Waals surface area contributed by atoms with Crippen molar-refractivity contribution in [3.8, 4) is 0 Å². The highest BCUT2D eigenvalue weighted by Crippen LogP contribution is 2.31. The maximum absolute atomic E-state index is 12.4. The summed E-state index contributed by atoms with van der Waals surface area (Å²) < 4.78 is 0. The van der Waals surface area contributed by atoms with E-state index in [-0.39, 0.29) is 28.1 Å². The summed E-state index contributed by atoms with van der Waals surface area (Å²) in [6, 6.07) is 10.3. The number of rotatable bonds is 2. The van der Waals surface area contributed by atoms with Crippen molar-refractivity contribution in [3.05, 3.63) is 59.2 Å². The fourth-order valence-electron chi connectivity index (χ4n) is 2.32. The first-order valence-electron chi connectivity index (χ1n) is 6.11. The van der Waals surface area contributed by atoms with Crippen LogP contribution in [-0.2, 0) is 0 Å². The average Bonchev–Trinajstić information content (AvgIpc) is 2.72. The van der Waals surface area contributed by atoms with E-state index in [2.05, 4.69) is 0 Å². The SMILES string of the molecule is Nc1cccc2c1C(=O)N(c1cccc(C(=O)O)c1)C2=O. The highest BCUT2D eigenvalue weighted by Gasteiger charge is 2.38. The van der Waals surface area contributed by atoms with Crippen molar-refractivity contribution in [1.82, 2.24) is 0 Å². The van der Waals surface area contributed by atoms with Crippen LogP contribution in [-0.4, -0.2) is 22.9 Å². The number of carbonyl (C=O) groups is 3. The number of nitrogens with zero attached hydrogens (tertiary/aromatic N) is 1. The molecule has 6 nitrogen and oxygen atoms in total. The Morgan fingerprint density at radius 3 is 2.43 bits per heavy atom. The van der Waals surface area contributed by atoms with E-state index in [0.29, 0.717) is 0 Å². The van der Waals surface area contributed by atoms with Crippen molar-refractivity contribution in [1.29, 1.82) is 0 Å². The van der Waals surface area contributed by atoms with Crippen LogP contribution < -0.4 is 10.6 Å². The van der Waals surface area contributed by atoms with Crippen molar-refractivity contribution >= 4 is 29.2 Å². The summed E-state index contributed by atoms with van der Waals surface area (Å²) in [6.07, 6.45) is 0. The molecule has 0 unspecified atom stereocenters. The Hall–Kier alpha value is -3.15.